The Bertz CT molecular complexity index is 892. The molecule has 0 aliphatic heterocycles. The number of allylic oxidation sites excluding steroid dienone is 1. The molecule has 0 unspecified atom stereocenters. The SMILES string of the molecule is [2H]CC(=O)N[C@@H](C)C(=O)N(CC(C)C)NC(=O)[C@H](CC(C)C)[C@H](C/C=C/c1ccccc1)C(=O)NO. The Kier molecular flexibility index (Phi) is 12.0. The van der Waals surface area contributed by atoms with Crippen LogP contribution in [0.5, 0.6) is 0 Å². The van der Waals surface area contributed by atoms with Gasteiger partial charge < -0.3 is 5.32 Å². The van der Waals surface area contributed by atoms with Crippen LogP contribution in [0.3, 0.4) is 0 Å². The maximum Gasteiger partial charge on any atom is 0.263 e. The van der Waals surface area contributed by atoms with Crippen molar-refractivity contribution in [2.75, 3.05) is 6.54 Å². The van der Waals surface area contributed by atoms with Gasteiger partial charge in [-0.2, -0.15) is 0 Å². The number of amides is 4. The van der Waals surface area contributed by atoms with Crippen LogP contribution in [0, 0.1) is 23.7 Å². The Morgan fingerprint density at radius 1 is 1.00 bits per heavy atom. The maximum atomic E-state index is 13.5. The molecule has 0 fully saturated rings. The number of nitrogens with one attached hydrogen (secondary N) is 3. The molecular formula is C26H40N4O5. The molecule has 0 spiro atoms. The average molecular weight is 490 g/mol. The number of nitrogens with zero attached hydrogens (tertiary/aromatic N) is 1. The van der Waals surface area contributed by atoms with Crippen LogP contribution in [0.15, 0.2) is 36.4 Å². The largest absolute Gasteiger partial charge is 0.345 e. The molecule has 4 N–H and O–H groups in total. The van der Waals surface area contributed by atoms with Gasteiger partial charge in [0.05, 0.1) is 11.8 Å². The number of carbonyl (C=O) groups excluding carboxylic acids is 4. The molecule has 1 aromatic rings. The van der Waals surface area contributed by atoms with Crippen LogP contribution in [-0.4, -0.2) is 46.4 Å². The lowest BCUT2D eigenvalue weighted by Crippen LogP contribution is -2.56. The van der Waals surface area contributed by atoms with Gasteiger partial charge in [-0.1, -0.05) is 70.2 Å². The molecule has 9 heteroatoms. The third-order valence-electron chi connectivity index (χ3n) is 5.30. The highest BCUT2D eigenvalue weighted by Crippen LogP contribution is 2.25. The smallest absolute Gasteiger partial charge is 0.263 e. The van der Waals surface area contributed by atoms with E-state index in [1.807, 2.05) is 64.1 Å². The fourth-order valence-corrected chi connectivity index (χ4v) is 3.72. The van der Waals surface area contributed by atoms with E-state index >= 15 is 0 Å². The Morgan fingerprint density at radius 2 is 1.66 bits per heavy atom. The van der Waals surface area contributed by atoms with Gasteiger partial charge in [0.25, 0.3) is 5.91 Å². The van der Waals surface area contributed by atoms with Crippen LogP contribution in [0.1, 0.15) is 61.3 Å². The summed E-state index contributed by atoms with van der Waals surface area (Å²) in [5.41, 5.74) is 5.27. The van der Waals surface area contributed by atoms with Gasteiger partial charge in [-0.3, -0.25) is 34.8 Å². The number of hydrazine groups is 1. The number of benzene rings is 1. The molecule has 35 heavy (non-hydrogen) atoms. The first-order chi connectivity index (χ1) is 17.0. The van der Waals surface area contributed by atoms with E-state index in [9.17, 15) is 24.4 Å². The van der Waals surface area contributed by atoms with Gasteiger partial charge >= 0.3 is 0 Å². The fourth-order valence-electron chi connectivity index (χ4n) is 3.72. The van der Waals surface area contributed by atoms with Crippen molar-refractivity contribution in [2.45, 2.75) is 60.4 Å². The quantitative estimate of drug-likeness (QED) is 0.265. The van der Waals surface area contributed by atoms with Crippen molar-refractivity contribution in [3.05, 3.63) is 42.0 Å². The zero-order valence-electron chi connectivity index (χ0n) is 22.3. The van der Waals surface area contributed by atoms with E-state index in [1.165, 1.54) is 6.92 Å². The van der Waals surface area contributed by atoms with E-state index in [0.29, 0.717) is 6.42 Å². The predicted octanol–water partition coefficient (Wildman–Crippen LogP) is 2.91. The Hall–Kier alpha value is -3.20. The number of rotatable bonds is 12. The van der Waals surface area contributed by atoms with Crippen LogP contribution < -0.4 is 16.2 Å². The summed E-state index contributed by atoms with van der Waals surface area (Å²) in [5.74, 6) is -4.01. The van der Waals surface area contributed by atoms with Gasteiger partial charge in [0.1, 0.15) is 6.04 Å². The number of carbonyl (C=O) groups is 4. The van der Waals surface area contributed by atoms with E-state index in [1.54, 1.807) is 11.6 Å². The molecule has 0 aliphatic rings. The van der Waals surface area contributed by atoms with E-state index in [0.717, 1.165) is 10.6 Å². The van der Waals surface area contributed by atoms with Crippen molar-refractivity contribution < 1.29 is 25.8 Å². The second kappa shape index (κ2) is 14.9. The van der Waals surface area contributed by atoms with Gasteiger partial charge in [0, 0.05) is 14.8 Å². The first-order valence-electron chi connectivity index (χ1n) is 12.6. The maximum absolute atomic E-state index is 13.5. The third kappa shape index (κ3) is 10.7. The van der Waals surface area contributed by atoms with E-state index in [2.05, 4.69) is 10.7 Å². The third-order valence-corrected chi connectivity index (χ3v) is 5.30. The summed E-state index contributed by atoms with van der Waals surface area (Å²) >= 11 is 0. The summed E-state index contributed by atoms with van der Waals surface area (Å²) in [6.07, 6.45) is 4.16. The van der Waals surface area contributed by atoms with Crippen molar-refractivity contribution in [3.8, 4) is 0 Å². The highest BCUT2D eigenvalue weighted by Gasteiger charge is 2.35. The van der Waals surface area contributed by atoms with Crippen LogP contribution in [-0.2, 0) is 19.2 Å². The molecule has 0 aromatic heterocycles. The molecule has 9 nitrogen and oxygen atoms in total. The van der Waals surface area contributed by atoms with E-state index in [4.69, 9.17) is 1.37 Å². The summed E-state index contributed by atoms with van der Waals surface area (Å²) in [6.45, 7) is 8.75. The molecule has 0 saturated carbocycles. The first kappa shape index (κ1) is 28.0. The normalized spacial score (nSPS) is 14.2. The number of hydrogen-bond acceptors (Lipinski definition) is 5. The highest BCUT2D eigenvalue weighted by molar-refractivity contribution is 5.91. The Balaban J connectivity index is 3.17. The van der Waals surface area contributed by atoms with Crippen molar-refractivity contribution in [1.29, 1.82) is 0 Å². The lowest BCUT2D eigenvalue weighted by Gasteiger charge is -2.32. The van der Waals surface area contributed by atoms with E-state index in [-0.39, 0.29) is 24.8 Å². The predicted molar refractivity (Wildman–Crippen MR) is 134 cm³/mol. The van der Waals surface area contributed by atoms with Crippen molar-refractivity contribution >= 4 is 29.7 Å². The molecule has 0 bridgehead atoms. The van der Waals surface area contributed by atoms with Crippen molar-refractivity contribution in [3.63, 3.8) is 0 Å². The van der Waals surface area contributed by atoms with Crippen LogP contribution >= 0.6 is 0 Å². The topological polar surface area (TPSA) is 128 Å². The van der Waals surface area contributed by atoms with Gasteiger partial charge in [0.2, 0.25) is 17.7 Å². The molecule has 1 aromatic carbocycles. The van der Waals surface area contributed by atoms with Gasteiger partial charge in [-0.25, -0.2) is 5.48 Å². The zero-order valence-corrected chi connectivity index (χ0v) is 21.3. The molecule has 1 rings (SSSR count). The van der Waals surface area contributed by atoms with Crippen molar-refractivity contribution in [1.82, 2.24) is 21.2 Å². The summed E-state index contributed by atoms with van der Waals surface area (Å²) in [7, 11) is 0. The summed E-state index contributed by atoms with van der Waals surface area (Å²) in [6, 6.07) is 8.54. The molecule has 194 valence electrons. The van der Waals surface area contributed by atoms with Crippen molar-refractivity contribution in [2.24, 2.45) is 23.7 Å². The minimum absolute atomic E-state index is 0.00205. The molecule has 0 radical (unpaired) electrons. The second-order valence-corrected chi connectivity index (χ2v) is 9.48. The molecule has 0 saturated heterocycles. The molecular weight excluding hydrogens is 448 g/mol. The van der Waals surface area contributed by atoms with Crippen LogP contribution in [0.2, 0.25) is 0 Å². The Morgan fingerprint density at radius 3 is 2.20 bits per heavy atom. The number of hydroxylamine groups is 1. The first-order valence-corrected chi connectivity index (χ1v) is 11.9. The summed E-state index contributed by atoms with van der Waals surface area (Å²) < 4.78 is 7.14. The second-order valence-electron chi connectivity index (χ2n) is 9.48. The average Bonchev–Trinajstić information content (AvgIpc) is 2.84. The minimum Gasteiger partial charge on any atom is -0.345 e. The standard InChI is InChI=1S/C26H40N4O5/c1-17(2)15-23(22(25(33)29-35)14-10-13-21-11-8-7-9-12-21)24(32)28-30(16-18(3)4)26(34)19(5)27-20(6)31/h7-13,17-19,22-23,35H,14-16H2,1-6H3,(H,27,31)(H,28,32)(H,29,33)/b13-10+/t19-,22-,23+/m0/s1/i6D. The van der Waals surface area contributed by atoms with Crippen LogP contribution in [0.25, 0.3) is 6.08 Å². The highest BCUT2D eigenvalue weighted by atomic mass is 16.5. The Labute approximate surface area is 209 Å². The zero-order chi connectivity index (χ0) is 27.3. The van der Waals surface area contributed by atoms with Gasteiger partial charge in [-0.15, -0.1) is 0 Å². The summed E-state index contributed by atoms with van der Waals surface area (Å²) in [5, 5.41) is 13.0. The van der Waals surface area contributed by atoms with Gasteiger partial charge in [-0.05, 0) is 37.2 Å². The molecule has 0 heterocycles. The minimum atomic E-state index is -0.948. The van der Waals surface area contributed by atoms with Gasteiger partial charge in [0.15, 0.2) is 0 Å². The van der Waals surface area contributed by atoms with E-state index < -0.39 is 48.4 Å². The molecule has 0 aliphatic carbocycles. The molecule has 3 atom stereocenters. The lowest BCUT2D eigenvalue weighted by molar-refractivity contribution is -0.149. The lowest BCUT2D eigenvalue weighted by atomic mass is 9.82. The fraction of sp³-hybridized carbons (Fsp3) is 0.538. The number of hydrogen-bond donors (Lipinski definition) is 4. The monoisotopic (exact) mass is 489 g/mol. The molecule has 4 amide bonds. The summed E-state index contributed by atoms with van der Waals surface area (Å²) in [4.78, 5) is 50.7. The van der Waals surface area contributed by atoms with Crippen LogP contribution in [0.4, 0.5) is 0 Å².